The number of nitrogens with zero attached hydrogens (tertiary/aromatic N) is 2. The molecule has 24 heavy (non-hydrogen) atoms. The minimum atomic E-state index is -3.29. The Balaban J connectivity index is 1.79. The van der Waals surface area contributed by atoms with Gasteiger partial charge in [-0.3, -0.25) is 4.79 Å². The van der Waals surface area contributed by atoms with E-state index in [2.05, 4.69) is 15.5 Å². The molecule has 0 aliphatic rings. The summed E-state index contributed by atoms with van der Waals surface area (Å²) in [5.41, 5.74) is 1.59. The average Bonchev–Trinajstić information content (AvgIpc) is 3.09. The maximum Gasteiger partial charge on any atom is 0.255 e. The molecule has 2 aromatic carbocycles. The molecule has 1 amide bonds. The number of hydrogen-bond acceptors (Lipinski definition) is 6. The molecule has 3 rings (SSSR count). The van der Waals surface area contributed by atoms with Gasteiger partial charge in [-0.05, 0) is 42.5 Å². The summed E-state index contributed by atoms with van der Waals surface area (Å²) in [5, 5.41) is 10.2. The zero-order chi connectivity index (χ0) is 17.2. The van der Waals surface area contributed by atoms with E-state index < -0.39 is 9.84 Å². The number of sulfone groups is 1. The largest absolute Gasteiger partial charge is 0.423 e. The smallest absolute Gasteiger partial charge is 0.255 e. The third kappa shape index (κ3) is 3.49. The molecule has 0 saturated carbocycles. The molecule has 8 heteroatoms. The summed E-state index contributed by atoms with van der Waals surface area (Å²) in [4.78, 5) is 12.4. The maximum atomic E-state index is 12.3. The first kappa shape index (κ1) is 15.9. The third-order valence-electron chi connectivity index (χ3n) is 3.27. The lowest BCUT2D eigenvalue weighted by Crippen LogP contribution is -2.12. The zero-order valence-electron chi connectivity index (χ0n) is 12.6. The number of carbonyl (C=O) groups excluding carboxylic acids is 1. The Labute approximate surface area is 138 Å². The molecule has 0 aliphatic carbocycles. The van der Waals surface area contributed by atoms with Crippen LogP contribution in [0.25, 0.3) is 11.5 Å². The van der Waals surface area contributed by atoms with Crippen molar-refractivity contribution in [3.63, 3.8) is 0 Å². The second-order valence-corrected chi connectivity index (χ2v) is 7.09. The van der Waals surface area contributed by atoms with Crippen molar-refractivity contribution >= 4 is 21.4 Å². The van der Waals surface area contributed by atoms with Gasteiger partial charge in [0.2, 0.25) is 12.3 Å². The van der Waals surface area contributed by atoms with Gasteiger partial charge in [-0.15, -0.1) is 10.2 Å². The van der Waals surface area contributed by atoms with Crippen LogP contribution in [0.4, 0.5) is 5.69 Å². The molecular formula is C16H13N3O4S. The lowest BCUT2D eigenvalue weighted by molar-refractivity contribution is 0.102. The molecule has 0 unspecified atom stereocenters. The van der Waals surface area contributed by atoms with Gasteiger partial charge in [-0.2, -0.15) is 0 Å². The summed E-state index contributed by atoms with van der Waals surface area (Å²) >= 11 is 0. The molecule has 1 heterocycles. The van der Waals surface area contributed by atoms with Crippen molar-refractivity contribution in [2.45, 2.75) is 4.90 Å². The lowest BCUT2D eigenvalue weighted by atomic mass is 10.1. The number of hydrogen-bond donors (Lipinski definition) is 1. The number of anilines is 1. The standard InChI is InChI=1S/C16H13N3O4S/c1-24(21,22)14-7-5-11(6-8-14)15(20)18-13-4-2-3-12(9-13)16-19-17-10-23-16/h2-10H,1H3,(H,18,20). The fraction of sp³-hybridized carbons (Fsp3) is 0.0625. The molecule has 3 aromatic rings. The monoisotopic (exact) mass is 343 g/mol. The van der Waals surface area contributed by atoms with Gasteiger partial charge in [0.15, 0.2) is 9.84 Å². The van der Waals surface area contributed by atoms with Crippen LogP contribution < -0.4 is 5.32 Å². The minimum absolute atomic E-state index is 0.164. The van der Waals surface area contributed by atoms with Gasteiger partial charge in [-0.25, -0.2) is 8.42 Å². The number of benzene rings is 2. The Morgan fingerprint density at radius 1 is 1.12 bits per heavy atom. The zero-order valence-corrected chi connectivity index (χ0v) is 13.4. The Kier molecular flexibility index (Phi) is 4.13. The highest BCUT2D eigenvalue weighted by Crippen LogP contribution is 2.21. The highest BCUT2D eigenvalue weighted by Gasteiger charge is 2.11. The van der Waals surface area contributed by atoms with Crippen LogP contribution in [0.15, 0.2) is 64.2 Å². The first-order chi connectivity index (χ1) is 11.4. The normalized spacial score (nSPS) is 11.2. The van der Waals surface area contributed by atoms with E-state index in [0.717, 1.165) is 6.26 Å². The summed E-state index contributed by atoms with van der Waals surface area (Å²) in [5.74, 6) is 0.00124. The quantitative estimate of drug-likeness (QED) is 0.780. The van der Waals surface area contributed by atoms with Crippen molar-refractivity contribution in [2.24, 2.45) is 0 Å². The molecule has 1 N–H and O–H groups in total. The Morgan fingerprint density at radius 2 is 1.88 bits per heavy atom. The fourth-order valence-corrected chi connectivity index (χ4v) is 2.72. The van der Waals surface area contributed by atoms with Crippen LogP contribution in [0.5, 0.6) is 0 Å². The first-order valence-corrected chi connectivity index (χ1v) is 8.81. The Bertz CT molecular complexity index is 965. The van der Waals surface area contributed by atoms with Gasteiger partial charge in [0.05, 0.1) is 4.90 Å². The highest BCUT2D eigenvalue weighted by atomic mass is 32.2. The second kappa shape index (κ2) is 6.25. The molecule has 0 fully saturated rings. The highest BCUT2D eigenvalue weighted by molar-refractivity contribution is 7.90. The number of carbonyl (C=O) groups is 1. The molecule has 7 nitrogen and oxygen atoms in total. The summed E-state index contributed by atoms with van der Waals surface area (Å²) in [6.45, 7) is 0. The third-order valence-corrected chi connectivity index (χ3v) is 4.40. The predicted octanol–water partition coefficient (Wildman–Crippen LogP) is 2.39. The maximum absolute atomic E-state index is 12.3. The average molecular weight is 343 g/mol. The lowest BCUT2D eigenvalue weighted by Gasteiger charge is -2.07. The van der Waals surface area contributed by atoms with Crippen LogP contribution in [0.3, 0.4) is 0 Å². The van der Waals surface area contributed by atoms with Gasteiger partial charge in [-0.1, -0.05) is 6.07 Å². The second-order valence-electron chi connectivity index (χ2n) is 5.08. The number of amides is 1. The molecule has 0 bridgehead atoms. The molecule has 0 spiro atoms. The van der Waals surface area contributed by atoms with Crippen molar-refractivity contribution in [1.29, 1.82) is 0 Å². The van der Waals surface area contributed by atoms with Crippen LogP contribution in [0.2, 0.25) is 0 Å². The van der Waals surface area contributed by atoms with Crippen molar-refractivity contribution in [3.8, 4) is 11.5 Å². The number of nitrogens with one attached hydrogen (secondary N) is 1. The Morgan fingerprint density at radius 3 is 2.50 bits per heavy atom. The van der Waals surface area contributed by atoms with E-state index in [0.29, 0.717) is 22.7 Å². The number of aromatic nitrogens is 2. The Hall–Kier alpha value is -3.00. The van der Waals surface area contributed by atoms with E-state index in [4.69, 9.17) is 4.42 Å². The molecule has 0 atom stereocenters. The van der Waals surface area contributed by atoms with Crippen LogP contribution in [-0.4, -0.2) is 30.8 Å². The molecule has 0 aliphatic heterocycles. The van der Waals surface area contributed by atoms with Gasteiger partial charge >= 0.3 is 0 Å². The molecule has 1 aromatic heterocycles. The van der Waals surface area contributed by atoms with Crippen LogP contribution in [-0.2, 0) is 9.84 Å². The predicted molar refractivity (Wildman–Crippen MR) is 87.2 cm³/mol. The van der Waals surface area contributed by atoms with E-state index in [1.54, 1.807) is 24.3 Å². The molecular weight excluding hydrogens is 330 g/mol. The van der Waals surface area contributed by atoms with Crippen molar-refractivity contribution in [1.82, 2.24) is 10.2 Å². The topological polar surface area (TPSA) is 102 Å². The van der Waals surface area contributed by atoms with E-state index in [1.165, 1.54) is 30.7 Å². The fourth-order valence-electron chi connectivity index (χ4n) is 2.09. The van der Waals surface area contributed by atoms with Gasteiger partial charge in [0, 0.05) is 23.1 Å². The summed E-state index contributed by atoms with van der Waals surface area (Å²) in [6.07, 6.45) is 2.34. The molecule has 0 saturated heterocycles. The van der Waals surface area contributed by atoms with Gasteiger partial charge < -0.3 is 9.73 Å². The van der Waals surface area contributed by atoms with Gasteiger partial charge in [0.25, 0.3) is 5.91 Å². The first-order valence-electron chi connectivity index (χ1n) is 6.91. The van der Waals surface area contributed by atoms with Crippen LogP contribution in [0.1, 0.15) is 10.4 Å². The van der Waals surface area contributed by atoms with E-state index >= 15 is 0 Å². The molecule has 0 radical (unpaired) electrons. The van der Waals surface area contributed by atoms with Crippen molar-refractivity contribution in [3.05, 3.63) is 60.5 Å². The SMILES string of the molecule is CS(=O)(=O)c1ccc(C(=O)Nc2cccc(-c3nnco3)c2)cc1. The minimum Gasteiger partial charge on any atom is -0.423 e. The molecule has 122 valence electrons. The summed E-state index contributed by atoms with van der Waals surface area (Å²) in [7, 11) is -3.29. The van der Waals surface area contributed by atoms with E-state index in [1.807, 2.05) is 0 Å². The summed E-state index contributed by atoms with van der Waals surface area (Å²) in [6, 6.07) is 12.7. The van der Waals surface area contributed by atoms with Crippen molar-refractivity contribution in [2.75, 3.05) is 11.6 Å². The van der Waals surface area contributed by atoms with E-state index in [9.17, 15) is 13.2 Å². The van der Waals surface area contributed by atoms with Gasteiger partial charge in [0.1, 0.15) is 0 Å². The van der Waals surface area contributed by atoms with E-state index in [-0.39, 0.29) is 10.8 Å². The number of rotatable bonds is 4. The van der Waals surface area contributed by atoms with Crippen molar-refractivity contribution < 1.29 is 17.6 Å². The van der Waals surface area contributed by atoms with Crippen LogP contribution in [0, 0.1) is 0 Å². The van der Waals surface area contributed by atoms with Crippen LogP contribution >= 0.6 is 0 Å². The summed E-state index contributed by atoms with van der Waals surface area (Å²) < 4.78 is 28.0.